The van der Waals surface area contributed by atoms with E-state index in [0.29, 0.717) is 0 Å². The van der Waals surface area contributed by atoms with E-state index in [1.165, 1.54) is 16.8 Å². The fourth-order valence-electron chi connectivity index (χ4n) is 3.25. The van der Waals surface area contributed by atoms with Crippen molar-refractivity contribution >= 4 is 17.5 Å². The summed E-state index contributed by atoms with van der Waals surface area (Å²) in [5, 5.41) is 3.40. The smallest absolute Gasteiger partial charge is 0.231 e. The molecular weight excluding hydrogens is 324 g/mol. The number of nitrogens with zero attached hydrogens (tertiary/aromatic N) is 3. The summed E-state index contributed by atoms with van der Waals surface area (Å²) in [6, 6.07) is 18.5. The molecule has 0 bridgehead atoms. The summed E-state index contributed by atoms with van der Waals surface area (Å²) in [7, 11) is 1.68. The first-order valence-corrected chi connectivity index (χ1v) is 8.89. The number of benzene rings is 2. The van der Waals surface area contributed by atoms with Gasteiger partial charge in [0.2, 0.25) is 5.95 Å². The highest BCUT2D eigenvalue weighted by Crippen LogP contribution is 2.32. The van der Waals surface area contributed by atoms with Crippen molar-refractivity contribution < 1.29 is 4.74 Å². The maximum Gasteiger partial charge on any atom is 0.231 e. The van der Waals surface area contributed by atoms with E-state index in [1.54, 1.807) is 7.11 Å². The zero-order valence-electron chi connectivity index (χ0n) is 14.9. The first-order chi connectivity index (χ1) is 12.8. The fraction of sp³-hybridized carbons (Fsp3) is 0.238. The standard InChI is InChI=1S/C21H22N4O/c1-26-18-8-6-16(7-9-18)10-13-22-20-11-14-23-21(24-20)25-15-12-17-4-2-3-5-19(17)25/h2-9,11,14H,10,12-13,15H2,1H3,(H,22,23,24). The van der Waals surface area contributed by atoms with Gasteiger partial charge < -0.3 is 15.0 Å². The third kappa shape index (κ3) is 3.47. The average Bonchev–Trinajstić information content (AvgIpc) is 3.13. The summed E-state index contributed by atoms with van der Waals surface area (Å²) < 4.78 is 5.19. The lowest BCUT2D eigenvalue weighted by Crippen LogP contribution is -2.17. The van der Waals surface area contributed by atoms with Crippen molar-refractivity contribution in [3.63, 3.8) is 0 Å². The Labute approximate surface area is 153 Å². The van der Waals surface area contributed by atoms with Crippen LogP contribution in [-0.2, 0) is 12.8 Å². The molecule has 1 aromatic heterocycles. The first-order valence-electron chi connectivity index (χ1n) is 8.89. The molecule has 2 heterocycles. The van der Waals surface area contributed by atoms with Crippen molar-refractivity contribution in [2.75, 3.05) is 30.4 Å². The van der Waals surface area contributed by atoms with Crippen LogP contribution in [0.3, 0.4) is 0 Å². The van der Waals surface area contributed by atoms with Gasteiger partial charge in [-0.15, -0.1) is 0 Å². The van der Waals surface area contributed by atoms with Crippen LogP contribution in [-0.4, -0.2) is 30.2 Å². The van der Waals surface area contributed by atoms with Crippen LogP contribution in [0, 0.1) is 0 Å². The molecule has 0 radical (unpaired) electrons. The Morgan fingerprint density at radius 2 is 1.92 bits per heavy atom. The van der Waals surface area contributed by atoms with E-state index in [4.69, 9.17) is 9.72 Å². The van der Waals surface area contributed by atoms with E-state index in [0.717, 1.165) is 43.4 Å². The van der Waals surface area contributed by atoms with Crippen molar-refractivity contribution in [1.82, 2.24) is 9.97 Å². The third-order valence-electron chi connectivity index (χ3n) is 4.65. The molecule has 132 valence electrons. The highest BCUT2D eigenvalue weighted by Gasteiger charge is 2.21. The molecule has 1 aliphatic heterocycles. The molecule has 0 amide bonds. The number of hydrogen-bond donors (Lipinski definition) is 1. The van der Waals surface area contributed by atoms with Crippen LogP contribution in [0.4, 0.5) is 17.5 Å². The van der Waals surface area contributed by atoms with Gasteiger partial charge in [-0.3, -0.25) is 0 Å². The Hall–Kier alpha value is -3.08. The SMILES string of the molecule is COc1ccc(CCNc2ccnc(N3CCc4ccccc43)n2)cc1. The lowest BCUT2D eigenvalue weighted by Gasteiger charge is -2.17. The van der Waals surface area contributed by atoms with Crippen LogP contribution in [0.25, 0.3) is 0 Å². The maximum absolute atomic E-state index is 5.19. The minimum atomic E-state index is 0.754. The maximum atomic E-state index is 5.19. The fourth-order valence-corrected chi connectivity index (χ4v) is 3.25. The van der Waals surface area contributed by atoms with Gasteiger partial charge in [0.25, 0.3) is 0 Å². The van der Waals surface area contributed by atoms with Gasteiger partial charge in [-0.25, -0.2) is 4.98 Å². The molecule has 2 aromatic carbocycles. The van der Waals surface area contributed by atoms with E-state index < -0.39 is 0 Å². The topological polar surface area (TPSA) is 50.3 Å². The first kappa shape index (κ1) is 16.4. The van der Waals surface area contributed by atoms with E-state index in [1.807, 2.05) is 24.4 Å². The second kappa shape index (κ2) is 7.44. The van der Waals surface area contributed by atoms with Crippen molar-refractivity contribution in [1.29, 1.82) is 0 Å². The molecule has 1 aliphatic rings. The monoisotopic (exact) mass is 346 g/mol. The number of anilines is 3. The lowest BCUT2D eigenvalue weighted by molar-refractivity contribution is 0.414. The molecule has 0 fully saturated rings. The van der Waals surface area contributed by atoms with Gasteiger partial charge in [0.15, 0.2) is 0 Å². The van der Waals surface area contributed by atoms with E-state index >= 15 is 0 Å². The molecule has 0 unspecified atom stereocenters. The van der Waals surface area contributed by atoms with Crippen LogP contribution >= 0.6 is 0 Å². The number of ether oxygens (including phenoxy) is 1. The number of nitrogens with one attached hydrogen (secondary N) is 1. The van der Waals surface area contributed by atoms with Crippen LogP contribution < -0.4 is 15.0 Å². The van der Waals surface area contributed by atoms with Crippen molar-refractivity contribution in [3.8, 4) is 5.75 Å². The van der Waals surface area contributed by atoms with Gasteiger partial charge in [-0.05, 0) is 48.2 Å². The zero-order valence-corrected chi connectivity index (χ0v) is 14.9. The molecule has 5 nitrogen and oxygen atoms in total. The Balaban J connectivity index is 1.40. The lowest BCUT2D eigenvalue weighted by atomic mass is 10.1. The van der Waals surface area contributed by atoms with Crippen LogP contribution in [0.1, 0.15) is 11.1 Å². The van der Waals surface area contributed by atoms with Crippen LogP contribution in [0.2, 0.25) is 0 Å². The summed E-state index contributed by atoms with van der Waals surface area (Å²) >= 11 is 0. The molecule has 0 atom stereocenters. The summed E-state index contributed by atoms with van der Waals surface area (Å²) in [4.78, 5) is 11.3. The minimum Gasteiger partial charge on any atom is -0.497 e. The summed E-state index contributed by atoms with van der Waals surface area (Å²) in [5.41, 5.74) is 3.83. The second-order valence-corrected chi connectivity index (χ2v) is 6.30. The summed E-state index contributed by atoms with van der Waals surface area (Å²) in [6.45, 7) is 1.74. The van der Waals surface area contributed by atoms with E-state index in [2.05, 4.69) is 51.6 Å². The largest absolute Gasteiger partial charge is 0.497 e. The quantitative estimate of drug-likeness (QED) is 0.735. The number of methoxy groups -OCH3 is 1. The third-order valence-corrected chi connectivity index (χ3v) is 4.65. The molecule has 4 rings (SSSR count). The Morgan fingerprint density at radius 1 is 1.08 bits per heavy atom. The van der Waals surface area contributed by atoms with Crippen molar-refractivity contribution in [3.05, 3.63) is 71.9 Å². The predicted octanol–water partition coefficient (Wildman–Crippen LogP) is 3.83. The second-order valence-electron chi connectivity index (χ2n) is 6.30. The number of rotatable bonds is 6. The molecule has 5 heteroatoms. The van der Waals surface area contributed by atoms with Gasteiger partial charge >= 0.3 is 0 Å². The molecule has 0 saturated carbocycles. The highest BCUT2D eigenvalue weighted by molar-refractivity contribution is 5.66. The minimum absolute atomic E-state index is 0.754. The molecule has 0 saturated heterocycles. The average molecular weight is 346 g/mol. The van der Waals surface area contributed by atoms with Gasteiger partial charge in [-0.2, -0.15) is 4.98 Å². The molecule has 26 heavy (non-hydrogen) atoms. The van der Waals surface area contributed by atoms with Crippen LogP contribution in [0.5, 0.6) is 5.75 Å². The molecule has 3 aromatic rings. The molecule has 0 spiro atoms. The van der Waals surface area contributed by atoms with Gasteiger partial charge in [0.1, 0.15) is 11.6 Å². The van der Waals surface area contributed by atoms with Crippen molar-refractivity contribution in [2.45, 2.75) is 12.8 Å². The van der Waals surface area contributed by atoms with Gasteiger partial charge in [0, 0.05) is 25.0 Å². The Morgan fingerprint density at radius 3 is 2.77 bits per heavy atom. The molecule has 1 N–H and O–H groups in total. The predicted molar refractivity (Wildman–Crippen MR) is 104 cm³/mol. The van der Waals surface area contributed by atoms with Gasteiger partial charge in [0.05, 0.1) is 7.11 Å². The number of hydrogen-bond acceptors (Lipinski definition) is 5. The normalized spacial score (nSPS) is 12.7. The number of aromatic nitrogens is 2. The molecule has 0 aliphatic carbocycles. The number of para-hydroxylation sites is 1. The van der Waals surface area contributed by atoms with E-state index in [9.17, 15) is 0 Å². The Bertz CT molecular complexity index is 879. The highest BCUT2D eigenvalue weighted by atomic mass is 16.5. The zero-order chi connectivity index (χ0) is 17.8. The summed E-state index contributed by atoms with van der Waals surface area (Å²) in [5.74, 6) is 2.49. The van der Waals surface area contributed by atoms with E-state index in [-0.39, 0.29) is 0 Å². The van der Waals surface area contributed by atoms with Gasteiger partial charge in [-0.1, -0.05) is 30.3 Å². The van der Waals surface area contributed by atoms with Crippen molar-refractivity contribution in [2.24, 2.45) is 0 Å². The van der Waals surface area contributed by atoms with Crippen LogP contribution in [0.15, 0.2) is 60.8 Å². The summed E-state index contributed by atoms with van der Waals surface area (Å²) in [6.07, 6.45) is 3.78. The number of fused-ring (bicyclic) bond motifs is 1. The molecular formula is C21H22N4O. The Kier molecular flexibility index (Phi) is 4.69.